The van der Waals surface area contributed by atoms with Crippen LogP contribution in [0.3, 0.4) is 0 Å². The average Bonchev–Trinajstić information content (AvgIpc) is 2.53. The van der Waals surface area contributed by atoms with Crippen molar-refractivity contribution in [2.45, 2.75) is 4.90 Å². The van der Waals surface area contributed by atoms with Gasteiger partial charge in [0.15, 0.2) is 11.5 Å². The molecule has 21 heavy (non-hydrogen) atoms. The Hall–Kier alpha value is -2.01. The first-order chi connectivity index (χ1) is 10.3. The molecule has 0 fully saturated rings. The van der Waals surface area contributed by atoms with Gasteiger partial charge in [-0.15, -0.1) is 11.8 Å². The molecule has 0 radical (unpaired) electrons. The number of hydrogen-bond acceptors (Lipinski definition) is 5. The van der Waals surface area contributed by atoms with Gasteiger partial charge in [0.2, 0.25) is 0 Å². The highest BCUT2D eigenvalue weighted by Gasteiger charge is 2.11. The fraction of sp³-hybridized carbons (Fsp3) is 0.250. The molecule has 0 bridgehead atoms. The molecule has 0 spiro atoms. The summed E-state index contributed by atoms with van der Waals surface area (Å²) in [5, 5.41) is 0. The highest BCUT2D eigenvalue weighted by molar-refractivity contribution is 7.99. The number of hydrogen-bond donors (Lipinski definition) is 1. The van der Waals surface area contributed by atoms with E-state index in [2.05, 4.69) is 0 Å². The van der Waals surface area contributed by atoms with E-state index >= 15 is 0 Å². The van der Waals surface area contributed by atoms with Crippen LogP contribution in [0, 0.1) is 0 Å². The third-order valence-corrected chi connectivity index (χ3v) is 3.97. The van der Waals surface area contributed by atoms with Crippen molar-refractivity contribution in [2.75, 3.05) is 31.3 Å². The molecule has 0 atom stereocenters. The Morgan fingerprint density at radius 1 is 1.00 bits per heavy atom. The van der Waals surface area contributed by atoms with Gasteiger partial charge in [0.05, 0.1) is 6.61 Å². The molecule has 0 aromatic heterocycles. The summed E-state index contributed by atoms with van der Waals surface area (Å²) in [6.07, 6.45) is 0. The summed E-state index contributed by atoms with van der Waals surface area (Å²) in [6, 6.07) is 13.4. The highest BCUT2D eigenvalue weighted by Crippen LogP contribution is 2.34. The van der Waals surface area contributed by atoms with Crippen LogP contribution in [0.25, 0.3) is 0 Å². The number of rotatable bonds is 5. The summed E-state index contributed by atoms with van der Waals surface area (Å²) in [6.45, 7) is 1.87. The van der Waals surface area contributed by atoms with E-state index in [0.717, 1.165) is 33.6 Å². The lowest BCUT2D eigenvalue weighted by Gasteiger charge is -2.18. The molecule has 0 unspecified atom stereocenters. The molecule has 110 valence electrons. The summed E-state index contributed by atoms with van der Waals surface area (Å²) in [4.78, 5) is 1.15. The summed E-state index contributed by atoms with van der Waals surface area (Å²) in [7, 11) is 0. The molecule has 0 amide bonds. The summed E-state index contributed by atoms with van der Waals surface area (Å²) in [5.41, 5.74) is 6.38. The molecule has 2 N–H and O–H groups in total. The van der Waals surface area contributed by atoms with Crippen molar-refractivity contribution in [3.05, 3.63) is 42.5 Å². The number of benzene rings is 2. The number of nitrogen functional groups attached to an aromatic ring is 1. The topological polar surface area (TPSA) is 53.7 Å². The first-order valence-corrected chi connectivity index (χ1v) is 7.80. The van der Waals surface area contributed by atoms with Crippen molar-refractivity contribution < 1.29 is 14.2 Å². The van der Waals surface area contributed by atoms with E-state index in [1.807, 2.05) is 42.5 Å². The Labute approximate surface area is 128 Å². The van der Waals surface area contributed by atoms with Gasteiger partial charge in [0.1, 0.15) is 19.0 Å². The first kappa shape index (κ1) is 13.9. The predicted molar refractivity (Wildman–Crippen MR) is 84.5 cm³/mol. The Morgan fingerprint density at radius 2 is 1.76 bits per heavy atom. The van der Waals surface area contributed by atoms with Gasteiger partial charge in [-0.25, -0.2) is 0 Å². The van der Waals surface area contributed by atoms with Crippen molar-refractivity contribution in [2.24, 2.45) is 0 Å². The number of thioether (sulfide) groups is 1. The molecule has 0 saturated carbocycles. The first-order valence-electron chi connectivity index (χ1n) is 6.82. The maximum absolute atomic E-state index is 5.66. The highest BCUT2D eigenvalue weighted by atomic mass is 32.2. The molecule has 3 rings (SSSR count). The summed E-state index contributed by atoms with van der Waals surface area (Å²) in [5.74, 6) is 3.35. The second-order valence-electron chi connectivity index (χ2n) is 4.57. The minimum Gasteiger partial charge on any atom is -0.493 e. The molecule has 5 heteroatoms. The molecular formula is C16H17NO3S. The largest absolute Gasteiger partial charge is 0.493 e. The Morgan fingerprint density at radius 3 is 2.57 bits per heavy atom. The molecule has 1 aliphatic heterocycles. The molecule has 2 aromatic rings. The van der Waals surface area contributed by atoms with Gasteiger partial charge < -0.3 is 19.9 Å². The monoisotopic (exact) mass is 303 g/mol. The lowest BCUT2D eigenvalue weighted by Crippen LogP contribution is -2.15. The predicted octanol–water partition coefficient (Wildman–Crippen LogP) is 3.21. The minimum atomic E-state index is 0.612. The third-order valence-electron chi connectivity index (χ3n) is 3.01. The van der Waals surface area contributed by atoms with Gasteiger partial charge in [-0.05, 0) is 42.5 Å². The number of ether oxygens (including phenoxy) is 3. The van der Waals surface area contributed by atoms with Gasteiger partial charge in [-0.2, -0.15) is 0 Å². The van der Waals surface area contributed by atoms with Crippen LogP contribution in [-0.4, -0.2) is 25.6 Å². The van der Waals surface area contributed by atoms with E-state index in [-0.39, 0.29) is 0 Å². The summed E-state index contributed by atoms with van der Waals surface area (Å²) < 4.78 is 16.7. The van der Waals surface area contributed by atoms with Gasteiger partial charge in [-0.1, -0.05) is 0 Å². The van der Waals surface area contributed by atoms with Gasteiger partial charge in [0, 0.05) is 16.3 Å². The second-order valence-corrected chi connectivity index (χ2v) is 5.74. The van der Waals surface area contributed by atoms with Crippen LogP contribution >= 0.6 is 11.8 Å². The van der Waals surface area contributed by atoms with Crippen LogP contribution in [-0.2, 0) is 0 Å². The molecule has 4 nitrogen and oxygen atoms in total. The SMILES string of the molecule is Nc1ccc(OCCSc2ccc3c(c2)OCCO3)cc1. The van der Waals surface area contributed by atoms with Crippen molar-refractivity contribution in [3.63, 3.8) is 0 Å². The van der Waals surface area contributed by atoms with Crippen molar-refractivity contribution in [1.82, 2.24) is 0 Å². The van der Waals surface area contributed by atoms with Crippen molar-refractivity contribution >= 4 is 17.4 Å². The zero-order chi connectivity index (χ0) is 14.5. The second kappa shape index (κ2) is 6.63. The van der Waals surface area contributed by atoms with E-state index < -0.39 is 0 Å². The zero-order valence-corrected chi connectivity index (χ0v) is 12.4. The fourth-order valence-corrected chi connectivity index (χ4v) is 2.75. The fourth-order valence-electron chi connectivity index (χ4n) is 2.00. The van der Waals surface area contributed by atoms with Crippen molar-refractivity contribution in [1.29, 1.82) is 0 Å². The smallest absolute Gasteiger partial charge is 0.162 e. The molecule has 2 aromatic carbocycles. The van der Waals surface area contributed by atoms with E-state index in [0.29, 0.717) is 19.8 Å². The lowest BCUT2D eigenvalue weighted by molar-refractivity contribution is 0.171. The van der Waals surface area contributed by atoms with Crippen LogP contribution in [0.1, 0.15) is 0 Å². The molecular weight excluding hydrogens is 286 g/mol. The van der Waals surface area contributed by atoms with Crippen LogP contribution in [0.2, 0.25) is 0 Å². The van der Waals surface area contributed by atoms with Gasteiger partial charge in [-0.3, -0.25) is 0 Å². The van der Waals surface area contributed by atoms with E-state index in [9.17, 15) is 0 Å². The molecule has 0 aliphatic carbocycles. The quantitative estimate of drug-likeness (QED) is 0.522. The minimum absolute atomic E-state index is 0.612. The van der Waals surface area contributed by atoms with Crippen LogP contribution < -0.4 is 19.9 Å². The summed E-state index contributed by atoms with van der Waals surface area (Å²) >= 11 is 1.73. The average molecular weight is 303 g/mol. The van der Waals surface area contributed by atoms with E-state index in [4.69, 9.17) is 19.9 Å². The Bertz CT molecular complexity index is 601. The Kier molecular flexibility index (Phi) is 4.40. The lowest BCUT2D eigenvalue weighted by atomic mass is 10.3. The molecule has 0 saturated heterocycles. The van der Waals surface area contributed by atoms with Gasteiger partial charge in [0.25, 0.3) is 0 Å². The van der Waals surface area contributed by atoms with Crippen LogP contribution in [0.4, 0.5) is 5.69 Å². The third kappa shape index (κ3) is 3.76. The molecule has 1 heterocycles. The standard InChI is InChI=1S/C16H17NO3S/c17-12-1-3-13(4-2-12)18-9-10-21-14-5-6-15-16(11-14)20-8-7-19-15/h1-6,11H,7-10,17H2. The van der Waals surface area contributed by atoms with Crippen LogP contribution in [0.15, 0.2) is 47.4 Å². The Balaban J connectivity index is 1.48. The van der Waals surface area contributed by atoms with E-state index in [1.165, 1.54) is 0 Å². The van der Waals surface area contributed by atoms with E-state index in [1.54, 1.807) is 11.8 Å². The van der Waals surface area contributed by atoms with Gasteiger partial charge >= 0.3 is 0 Å². The maximum atomic E-state index is 5.66. The number of nitrogens with two attached hydrogens (primary N) is 1. The molecule has 1 aliphatic rings. The zero-order valence-electron chi connectivity index (χ0n) is 11.6. The van der Waals surface area contributed by atoms with Crippen molar-refractivity contribution in [3.8, 4) is 17.2 Å². The maximum Gasteiger partial charge on any atom is 0.162 e. The van der Waals surface area contributed by atoms with Crippen LogP contribution in [0.5, 0.6) is 17.2 Å². The normalized spacial score (nSPS) is 13.0. The number of anilines is 1. The number of fused-ring (bicyclic) bond motifs is 1.